The predicted octanol–water partition coefficient (Wildman–Crippen LogP) is 4.57. The number of amides is 1. The molecule has 0 saturated heterocycles. The molecular formula is C21H24BrFN2O3S. The summed E-state index contributed by atoms with van der Waals surface area (Å²) >= 11 is 3.32. The van der Waals surface area contributed by atoms with Crippen molar-refractivity contribution < 1.29 is 17.6 Å². The van der Waals surface area contributed by atoms with Crippen LogP contribution in [0.15, 0.2) is 57.9 Å². The van der Waals surface area contributed by atoms with Gasteiger partial charge in [-0.1, -0.05) is 35.2 Å². The molecule has 1 aliphatic rings. The van der Waals surface area contributed by atoms with E-state index in [9.17, 15) is 17.6 Å². The molecule has 0 spiro atoms. The highest BCUT2D eigenvalue weighted by Gasteiger charge is 2.34. The quantitative estimate of drug-likeness (QED) is 0.605. The normalized spacial score (nSPS) is 15.4. The van der Waals surface area contributed by atoms with E-state index >= 15 is 0 Å². The second kappa shape index (κ2) is 9.36. The van der Waals surface area contributed by atoms with Crippen LogP contribution in [0.4, 0.5) is 10.1 Å². The number of rotatable bonds is 6. The molecule has 2 aromatic carbocycles. The Kier molecular flexibility index (Phi) is 7.08. The maximum Gasteiger partial charge on any atom is 0.243 e. The van der Waals surface area contributed by atoms with Gasteiger partial charge >= 0.3 is 0 Å². The first-order valence-electron chi connectivity index (χ1n) is 9.58. The maximum absolute atomic E-state index is 13.4. The molecule has 0 radical (unpaired) electrons. The van der Waals surface area contributed by atoms with Gasteiger partial charge in [0.15, 0.2) is 0 Å². The molecule has 0 N–H and O–H groups in total. The van der Waals surface area contributed by atoms with Gasteiger partial charge < -0.3 is 4.90 Å². The number of carbonyl (C=O) groups is 1. The fourth-order valence-corrected chi connectivity index (χ4v) is 5.47. The van der Waals surface area contributed by atoms with E-state index in [4.69, 9.17) is 0 Å². The van der Waals surface area contributed by atoms with E-state index in [1.165, 1.54) is 33.5 Å². The van der Waals surface area contributed by atoms with Gasteiger partial charge in [0.25, 0.3) is 0 Å². The standard InChI is InChI=1S/C21H24BrFN2O3S/c1-24(18-11-9-17(23)10-12-18)21(26)15-25(19-5-3-2-4-6-19)29(27,28)20-13-7-16(22)8-14-20/h7-14,19H,2-6,15H2,1H3. The Bertz CT molecular complexity index is 943. The van der Waals surface area contributed by atoms with Crippen LogP contribution in [0.2, 0.25) is 0 Å². The maximum atomic E-state index is 13.4. The number of sulfonamides is 1. The van der Waals surface area contributed by atoms with Crippen molar-refractivity contribution in [3.8, 4) is 0 Å². The van der Waals surface area contributed by atoms with Crippen molar-refractivity contribution in [2.45, 2.75) is 43.0 Å². The van der Waals surface area contributed by atoms with Gasteiger partial charge in [0, 0.05) is 23.2 Å². The Morgan fingerprint density at radius 3 is 2.21 bits per heavy atom. The minimum absolute atomic E-state index is 0.170. The molecule has 0 aromatic heterocycles. The van der Waals surface area contributed by atoms with Crippen molar-refractivity contribution in [3.63, 3.8) is 0 Å². The molecule has 0 atom stereocenters. The molecule has 5 nitrogen and oxygen atoms in total. The van der Waals surface area contributed by atoms with Crippen LogP contribution in [0, 0.1) is 5.82 Å². The number of nitrogens with zero attached hydrogens (tertiary/aromatic N) is 2. The molecule has 1 saturated carbocycles. The monoisotopic (exact) mass is 482 g/mol. The predicted molar refractivity (Wildman–Crippen MR) is 115 cm³/mol. The molecule has 156 valence electrons. The Morgan fingerprint density at radius 2 is 1.62 bits per heavy atom. The Labute approximate surface area is 179 Å². The SMILES string of the molecule is CN(C(=O)CN(C1CCCCC1)S(=O)(=O)c1ccc(Br)cc1)c1ccc(F)cc1. The average molecular weight is 483 g/mol. The van der Waals surface area contributed by atoms with E-state index in [1.54, 1.807) is 31.3 Å². The van der Waals surface area contributed by atoms with Crippen molar-refractivity contribution in [2.75, 3.05) is 18.5 Å². The molecule has 1 amide bonds. The van der Waals surface area contributed by atoms with Gasteiger partial charge in [-0.2, -0.15) is 4.31 Å². The van der Waals surface area contributed by atoms with E-state index in [0.717, 1.165) is 36.6 Å². The first kappa shape index (κ1) is 21.9. The van der Waals surface area contributed by atoms with E-state index in [0.29, 0.717) is 5.69 Å². The van der Waals surface area contributed by atoms with Crippen molar-refractivity contribution in [1.82, 2.24) is 4.31 Å². The Morgan fingerprint density at radius 1 is 1.03 bits per heavy atom. The highest BCUT2D eigenvalue weighted by Crippen LogP contribution is 2.29. The summed E-state index contributed by atoms with van der Waals surface area (Å²) in [6.07, 6.45) is 4.44. The van der Waals surface area contributed by atoms with Crippen LogP contribution in [0.5, 0.6) is 0 Å². The van der Waals surface area contributed by atoms with E-state index in [-0.39, 0.29) is 23.4 Å². The summed E-state index contributed by atoms with van der Waals surface area (Å²) in [5, 5.41) is 0. The van der Waals surface area contributed by atoms with Gasteiger partial charge in [-0.05, 0) is 61.4 Å². The molecule has 1 aliphatic carbocycles. The molecule has 1 fully saturated rings. The average Bonchev–Trinajstić information content (AvgIpc) is 2.72. The van der Waals surface area contributed by atoms with E-state index < -0.39 is 15.8 Å². The summed E-state index contributed by atoms with van der Waals surface area (Å²) in [6.45, 7) is -0.253. The van der Waals surface area contributed by atoms with Crippen LogP contribution in [0.3, 0.4) is 0 Å². The minimum Gasteiger partial charge on any atom is -0.314 e. The largest absolute Gasteiger partial charge is 0.314 e. The van der Waals surface area contributed by atoms with Gasteiger partial charge in [-0.25, -0.2) is 12.8 Å². The second-order valence-electron chi connectivity index (χ2n) is 7.23. The highest BCUT2D eigenvalue weighted by atomic mass is 79.9. The Hall–Kier alpha value is -1.77. The van der Waals surface area contributed by atoms with Crippen molar-refractivity contribution >= 4 is 37.5 Å². The van der Waals surface area contributed by atoms with Crippen LogP contribution in [-0.4, -0.2) is 38.3 Å². The van der Waals surface area contributed by atoms with Crippen LogP contribution in [0.25, 0.3) is 0 Å². The lowest BCUT2D eigenvalue weighted by Crippen LogP contribution is -2.47. The number of hydrogen-bond donors (Lipinski definition) is 0. The number of carbonyl (C=O) groups excluding carboxylic acids is 1. The van der Waals surface area contributed by atoms with Crippen molar-refractivity contribution in [2.24, 2.45) is 0 Å². The number of halogens is 2. The number of likely N-dealkylation sites (N-methyl/N-ethyl adjacent to an activating group) is 1. The highest BCUT2D eigenvalue weighted by molar-refractivity contribution is 9.10. The molecule has 8 heteroatoms. The molecule has 3 rings (SSSR count). The lowest BCUT2D eigenvalue weighted by atomic mass is 9.95. The fourth-order valence-electron chi connectivity index (χ4n) is 3.57. The Balaban J connectivity index is 1.88. The second-order valence-corrected chi connectivity index (χ2v) is 10.0. The molecule has 29 heavy (non-hydrogen) atoms. The third-order valence-electron chi connectivity index (χ3n) is 5.28. The summed E-state index contributed by atoms with van der Waals surface area (Å²) in [6, 6.07) is 11.8. The third-order valence-corrected chi connectivity index (χ3v) is 7.72. The zero-order valence-corrected chi connectivity index (χ0v) is 18.6. The van der Waals surface area contributed by atoms with E-state index in [1.807, 2.05) is 0 Å². The number of hydrogen-bond acceptors (Lipinski definition) is 3. The van der Waals surface area contributed by atoms with Gasteiger partial charge in [0.2, 0.25) is 15.9 Å². The molecule has 2 aromatic rings. The summed E-state index contributed by atoms with van der Waals surface area (Å²) in [5.41, 5.74) is 0.515. The first-order chi connectivity index (χ1) is 13.8. The summed E-state index contributed by atoms with van der Waals surface area (Å²) < 4.78 is 42.1. The third kappa shape index (κ3) is 5.24. The lowest BCUT2D eigenvalue weighted by molar-refractivity contribution is -0.119. The van der Waals surface area contributed by atoms with Crippen LogP contribution < -0.4 is 4.90 Å². The minimum atomic E-state index is -3.83. The molecule has 0 heterocycles. The summed E-state index contributed by atoms with van der Waals surface area (Å²) in [5.74, 6) is -0.751. The van der Waals surface area contributed by atoms with Crippen LogP contribution in [-0.2, 0) is 14.8 Å². The van der Waals surface area contributed by atoms with E-state index in [2.05, 4.69) is 15.9 Å². The summed E-state index contributed by atoms with van der Waals surface area (Å²) in [7, 11) is -2.26. The van der Waals surface area contributed by atoms with Gasteiger partial charge in [0.05, 0.1) is 11.4 Å². The summed E-state index contributed by atoms with van der Waals surface area (Å²) in [4.78, 5) is 14.5. The fraction of sp³-hybridized carbons (Fsp3) is 0.381. The van der Waals surface area contributed by atoms with Crippen molar-refractivity contribution in [1.29, 1.82) is 0 Å². The zero-order valence-electron chi connectivity index (χ0n) is 16.2. The van der Waals surface area contributed by atoms with Crippen LogP contribution >= 0.6 is 15.9 Å². The number of anilines is 1. The molecule has 0 aliphatic heterocycles. The molecule has 0 unspecified atom stereocenters. The number of benzene rings is 2. The van der Waals surface area contributed by atoms with Gasteiger partial charge in [0.1, 0.15) is 5.82 Å². The molecule has 0 bridgehead atoms. The lowest BCUT2D eigenvalue weighted by Gasteiger charge is -2.34. The van der Waals surface area contributed by atoms with Crippen molar-refractivity contribution in [3.05, 3.63) is 58.8 Å². The van der Waals surface area contributed by atoms with Crippen LogP contribution in [0.1, 0.15) is 32.1 Å². The zero-order chi connectivity index (χ0) is 21.0. The smallest absolute Gasteiger partial charge is 0.243 e. The first-order valence-corrected chi connectivity index (χ1v) is 11.8. The molecular weight excluding hydrogens is 459 g/mol. The topological polar surface area (TPSA) is 57.7 Å². The van der Waals surface area contributed by atoms with Gasteiger partial charge in [-0.3, -0.25) is 4.79 Å². The van der Waals surface area contributed by atoms with Gasteiger partial charge in [-0.15, -0.1) is 0 Å².